The Hall–Kier alpha value is -3.24. The molecule has 5 rings (SSSR count). The zero-order valence-corrected chi connectivity index (χ0v) is 16.2. The van der Waals surface area contributed by atoms with Crippen molar-refractivity contribution in [3.05, 3.63) is 30.6 Å². The van der Waals surface area contributed by atoms with E-state index in [1.54, 1.807) is 6.33 Å². The zero-order chi connectivity index (χ0) is 19.6. The van der Waals surface area contributed by atoms with E-state index >= 15 is 0 Å². The Morgan fingerprint density at radius 2 is 2.00 bits per heavy atom. The van der Waals surface area contributed by atoms with Gasteiger partial charge in [0.15, 0.2) is 11.5 Å². The lowest BCUT2D eigenvalue weighted by atomic mass is 10.3. The Bertz CT molecular complexity index is 1130. The third-order valence-corrected chi connectivity index (χ3v) is 5.12. The molecule has 1 fully saturated rings. The molecule has 1 saturated heterocycles. The predicted molar refractivity (Wildman–Crippen MR) is 111 cm³/mol. The minimum absolute atomic E-state index is 0.455. The number of benzene rings is 1. The maximum Gasteiger partial charge on any atom is 0.233 e. The number of anilines is 3. The van der Waals surface area contributed by atoms with Gasteiger partial charge < -0.3 is 19.6 Å². The van der Waals surface area contributed by atoms with Gasteiger partial charge in [0.2, 0.25) is 11.9 Å². The van der Waals surface area contributed by atoms with Gasteiger partial charge >= 0.3 is 0 Å². The number of rotatable bonds is 6. The molecular weight excluding hydrogens is 370 g/mol. The number of fused-ring (bicyclic) bond motifs is 2. The fourth-order valence-corrected chi connectivity index (χ4v) is 3.53. The number of hydrogen-bond acceptors (Lipinski definition) is 8. The predicted octanol–water partition coefficient (Wildman–Crippen LogP) is 1.73. The summed E-state index contributed by atoms with van der Waals surface area (Å²) in [7, 11) is 1.96. The molecule has 0 amide bonds. The fourth-order valence-electron chi connectivity index (χ4n) is 3.53. The van der Waals surface area contributed by atoms with Crippen LogP contribution in [0.3, 0.4) is 0 Å². The van der Waals surface area contributed by atoms with Crippen molar-refractivity contribution in [3.8, 4) is 0 Å². The van der Waals surface area contributed by atoms with Gasteiger partial charge in [-0.2, -0.15) is 9.97 Å². The number of H-pyrrole nitrogens is 1. The van der Waals surface area contributed by atoms with Crippen LogP contribution in [0.4, 0.5) is 17.7 Å². The number of ether oxygens (including phenoxy) is 1. The lowest BCUT2D eigenvalue weighted by molar-refractivity contribution is 0.0398. The molecule has 10 nitrogen and oxygen atoms in total. The Morgan fingerprint density at radius 1 is 1.14 bits per heavy atom. The summed E-state index contributed by atoms with van der Waals surface area (Å²) in [5.41, 5.74) is 3.36. The number of imidazole rings is 2. The number of nitrogens with zero attached hydrogens (tertiary/aromatic N) is 6. The van der Waals surface area contributed by atoms with E-state index in [1.165, 1.54) is 0 Å². The van der Waals surface area contributed by atoms with E-state index in [1.807, 2.05) is 35.9 Å². The van der Waals surface area contributed by atoms with Crippen LogP contribution in [0.5, 0.6) is 0 Å². The van der Waals surface area contributed by atoms with Crippen molar-refractivity contribution in [2.45, 2.75) is 0 Å². The standard InChI is InChI=1S/C19H23N9O/c1-27-14-5-3-2-4-13(14)23-19(27)26-18-24-16(15-17(25-18)22-12-21-15)20-6-7-28-8-10-29-11-9-28/h2-5,12H,6-11H2,1H3,(H3,20,21,22,23,24,25,26). The fraction of sp³-hybridized carbons (Fsp3) is 0.368. The molecule has 150 valence electrons. The molecular formula is C19H23N9O. The molecule has 0 radical (unpaired) electrons. The average molecular weight is 393 g/mol. The number of aromatic amines is 1. The van der Waals surface area contributed by atoms with E-state index < -0.39 is 0 Å². The van der Waals surface area contributed by atoms with E-state index in [9.17, 15) is 0 Å². The Labute approximate surface area is 167 Å². The van der Waals surface area contributed by atoms with Crippen molar-refractivity contribution < 1.29 is 4.74 Å². The first-order valence-corrected chi connectivity index (χ1v) is 9.71. The summed E-state index contributed by atoms with van der Waals surface area (Å²) in [6, 6.07) is 7.99. The second-order valence-corrected chi connectivity index (χ2v) is 6.99. The van der Waals surface area contributed by atoms with Crippen LogP contribution < -0.4 is 10.6 Å². The summed E-state index contributed by atoms with van der Waals surface area (Å²) < 4.78 is 7.39. The van der Waals surface area contributed by atoms with Crippen LogP contribution >= 0.6 is 0 Å². The van der Waals surface area contributed by atoms with Crippen molar-refractivity contribution in [2.75, 3.05) is 50.0 Å². The summed E-state index contributed by atoms with van der Waals surface area (Å²) in [6.45, 7) is 5.22. The van der Waals surface area contributed by atoms with Crippen LogP contribution in [0, 0.1) is 0 Å². The van der Waals surface area contributed by atoms with Gasteiger partial charge in [-0.1, -0.05) is 12.1 Å². The van der Waals surface area contributed by atoms with Gasteiger partial charge in [0, 0.05) is 33.2 Å². The highest BCUT2D eigenvalue weighted by atomic mass is 16.5. The van der Waals surface area contributed by atoms with Crippen LogP contribution in [0.1, 0.15) is 0 Å². The molecule has 1 aliphatic heterocycles. The summed E-state index contributed by atoms with van der Waals surface area (Å²) in [4.78, 5) is 23.6. The highest BCUT2D eigenvalue weighted by molar-refractivity contribution is 5.84. The van der Waals surface area contributed by atoms with Crippen LogP contribution in [0.25, 0.3) is 22.2 Å². The molecule has 0 bridgehead atoms. The van der Waals surface area contributed by atoms with E-state index in [0.717, 1.165) is 61.8 Å². The van der Waals surface area contributed by atoms with Gasteiger partial charge in [0.25, 0.3) is 0 Å². The molecule has 0 unspecified atom stereocenters. The highest BCUT2D eigenvalue weighted by Gasteiger charge is 2.14. The SMILES string of the molecule is Cn1c(Nc2nc(NCCN3CCOCC3)c3[nH]cnc3n2)nc2ccccc21. The van der Waals surface area contributed by atoms with Gasteiger partial charge in [-0.3, -0.25) is 10.2 Å². The van der Waals surface area contributed by atoms with Gasteiger partial charge in [-0.15, -0.1) is 0 Å². The molecule has 0 aliphatic carbocycles. The number of aromatic nitrogens is 6. The van der Waals surface area contributed by atoms with Crippen LogP contribution in [0.15, 0.2) is 30.6 Å². The first-order valence-electron chi connectivity index (χ1n) is 9.71. The lowest BCUT2D eigenvalue weighted by Crippen LogP contribution is -2.39. The Kier molecular flexibility index (Phi) is 4.70. The molecule has 0 saturated carbocycles. The van der Waals surface area contributed by atoms with Crippen molar-refractivity contribution in [1.82, 2.24) is 34.4 Å². The topological polar surface area (TPSA) is 109 Å². The van der Waals surface area contributed by atoms with Gasteiger partial charge in [0.1, 0.15) is 5.52 Å². The largest absolute Gasteiger partial charge is 0.379 e. The van der Waals surface area contributed by atoms with Crippen LogP contribution in [0.2, 0.25) is 0 Å². The minimum atomic E-state index is 0.455. The monoisotopic (exact) mass is 393 g/mol. The van der Waals surface area contributed by atoms with E-state index in [2.05, 4.69) is 40.5 Å². The second kappa shape index (κ2) is 7.64. The van der Waals surface area contributed by atoms with Crippen molar-refractivity contribution >= 4 is 39.9 Å². The average Bonchev–Trinajstić information content (AvgIpc) is 3.34. The van der Waals surface area contributed by atoms with Crippen molar-refractivity contribution in [1.29, 1.82) is 0 Å². The van der Waals surface area contributed by atoms with Gasteiger partial charge in [-0.05, 0) is 12.1 Å². The third-order valence-electron chi connectivity index (χ3n) is 5.12. The summed E-state index contributed by atoms with van der Waals surface area (Å²) in [5.74, 6) is 1.86. The smallest absolute Gasteiger partial charge is 0.233 e. The maximum absolute atomic E-state index is 5.40. The molecule has 3 aromatic heterocycles. The summed E-state index contributed by atoms with van der Waals surface area (Å²) >= 11 is 0. The minimum Gasteiger partial charge on any atom is -0.379 e. The molecule has 0 spiro atoms. The number of aryl methyl sites for hydroxylation is 1. The second-order valence-electron chi connectivity index (χ2n) is 6.99. The molecule has 4 heterocycles. The summed E-state index contributed by atoms with van der Waals surface area (Å²) in [5, 5.41) is 6.65. The Balaban J connectivity index is 1.37. The zero-order valence-electron chi connectivity index (χ0n) is 16.2. The van der Waals surface area contributed by atoms with E-state index in [4.69, 9.17) is 4.74 Å². The number of nitrogens with one attached hydrogen (secondary N) is 3. The van der Waals surface area contributed by atoms with Crippen molar-refractivity contribution in [3.63, 3.8) is 0 Å². The normalized spacial score (nSPS) is 15.2. The molecule has 1 aromatic carbocycles. The van der Waals surface area contributed by atoms with Crippen LogP contribution in [-0.2, 0) is 11.8 Å². The maximum atomic E-state index is 5.40. The highest BCUT2D eigenvalue weighted by Crippen LogP contribution is 2.23. The molecule has 29 heavy (non-hydrogen) atoms. The quantitative estimate of drug-likeness (QED) is 0.454. The lowest BCUT2D eigenvalue weighted by Gasteiger charge is -2.26. The number of morpholine rings is 1. The molecule has 4 aromatic rings. The van der Waals surface area contributed by atoms with Crippen LogP contribution in [-0.4, -0.2) is 73.8 Å². The van der Waals surface area contributed by atoms with Gasteiger partial charge in [0.05, 0.1) is 30.6 Å². The molecule has 1 aliphatic rings. The Morgan fingerprint density at radius 3 is 2.86 bits per heavy atom. The molecule has 0 atom stereocenters. The van der Waals surface area contributed by atoms with Crippen molar-refractivity contribution in [2.24, 2.45) is 7.05 Å². The number of hydrogen-bond donors (Lipinski definition) is 3. The summed E-state index contributed by atoms with van der Waals surface area (Å²) in [6.07, 6.45) is 1.63. The van der Waals surface area contributed by atoms with Gasteiger partial charge in [-0.25, -0.2) is 9.97 Å². The first kappa shape index (κ1) is 17.8. The molecule has 3 N–H and O–H groups in total. The molecule has 10 heteroatoms. The number of para-hydroxylation sites is 2. The first-order chi connectivity index (χ1) is 14.3. The van der Waals surface area contributed by atoms with E-state index in [0.29, 0.717) is 17.5 Å². The third kappa shape index (κ3) is 3.59. The van der Waals surface area contributed by atoms with E-state index in [-0.39, 0.29) is 0 Å².